The Morgan fingerprint density at radius 1 is 1.38 bits per heavy atom. The first kappa shape index (κ1) is 9.18. The maximum atomic E-state index is 10.2. The van der Waals surface area contributed by atoms with E-state index in [0.717, 1.165) is 0 Å². The molecule has 0 radical (unpaired) electrons. The Bertz CT molecular complexity index is 298. The molecular weight excluding hydrogens is 174 g/mol. The van der Waals surface area contributed by atoms with Crippen LogP contribution in [-0.2, 0) is 4.79 Å². The first-order valence-electron chi connectivity index (χ1n) is 3.54. The van der Waals surface area contributed by atoms with Crippen LogP contribution in [0.25, 0.3) is 0 Å². The smallest absolute Gasteiger partial charge is 0.410 e. The maximum Gasteiger partial charge on any atom is 0.410 e. The largest absolute Gasteiger partial charge is 0.424 e. The van der Waals surface area contributed by atoms with Gasteiger partial charge in [0.1, 0.15) is 5.75 Å². The molecule has 5 heteroatoms. The van der Waals surface area contributed by atoms with Gasteiger partial charge in [-0.05, 0) is 12.1 Å². The minimum Gasteiger partial charge on any atom is -0.424 e. The van der Waals surface area contributed by atoms with E-state index in [-0.39, 0.29) is 6.29 Å². The second kappa shape index (κ2) is 4.20. The lowest BCUT2D eigenvalue weighted by Gasteiger charge is -2.05. The monoisotopic (exact) mass is 181 g/mol. The second-order valence-electron chi connectivity index (χ2n) is 2.24. The molecule has 0 saturated heterocycles. The van der Waals surface area contributed by atoms with Gasteiger partial charge in [-0.1, -0.05) is 18.2 Å². The number of hydrogen-bond acceptors (Lipinski definition) is 4. The van der Waals surface area contributed by atoms with Gasteiger partial charge in [-0.2, -0.15) is 0 Å². The number of rotatable bonds is 4. The van der Waals surface area contributed by atoms with Gasteiger partial charge in [-0.25, -0.2) is 0 Å². The fraction of sp³-hybridized carbons (Fsp3) is 0.125. The summed E-state index contributed by atoms with van der Waals surface area (Å²) in [6.07, 6.45) is -1.48. The molecule has 5 nitrogen and oxygen atoms in total. The molecule has 1 atom stereocenters. The van der Waals surface area contributed by atoms with Gasteiger partial charge in [-0.3, -0.25) is 14.9 Å². The molecule has 13 heavy (non-hydrogen) atoms. The first-order chi connectivity index (χ1) is 6.24. The third-order valence-corrected chi connectivity index (χ3v) is 1.32. The third-order valence-electron chi connectivity index (χ3n) is 1.32. The van der Waals surface area contributed by atoms with Gasteiger partial charge in [0.15, 0.2) is 0 Å². The summed E-state index contributed by atoms with van der Waals surface area (Å²) >= 11 is 0. The van der Waals surface area contributed by atoms with Gasteiger partial charge in [0.2, 0.25) is 6.29 Å². The Hall–Kier alpha value is -1.91. The van der Waals surface area contributed by atoms with Crippen LogP contribution in [0.5, 0.6) is 5.75 Å². The van der Waals surface area contributed by atoms with Gasteiger partial charge in [0.25, 0.3) is 0 Å². The molecule has 0 aliphatic heterocycles. The minimum atomic E-state index is -1.62. The van der Waals surface area contributed by atoms with E-state index in [4.69, 9.17) is 4.74 Å². The topological polar surface area (TPSA) is 69.4 Å². The Morgan fingerprint density at radius 2 is 2.00 bits per heavy atom. The van der Waals surface area contributed by atoms with Crippen molar-refractivity contribution < 1.29 is 14.5 Å². The van der Waals surface area contributed by atoms with Crippen LogP contribution in [0.4, 0.5) is 0 Å². The number of hydrogen-bond donors (Lipinski definition) is 0. The molecule has 1 unspecified atom stereocenters. The van der Waals surface area contributed by atoms with Crippen LogP contribution in [0.3, 0.4) is 0 Å². The zero-order chi connectivity index (χ0) is 9.68. The van der Waals surface area contributed by atoms with Crippen LogP contribution < -0.4 is 4.74 Å². The van der Waals surface area contributed by atoms with Gasteiger partial charge in [0, 0.05) is 0 Å². The molecule has 0 amide bonds. The SMILES string of the molecule is O=CC(Oc1ccccc1)[N+](=O)[O-]. The molecule has 0 saturated carbocycles. The number of nitrogens with zero attached hydrogens (tertiary/aromatic N) is 1. The van der Waals surface area contributed by atoms with Crippen molar-refractivity contribution in [3.05, 3.63) is 40.4 Å². The number of nitro groups is 1. The number of carbonyl (C=O) groups excluding carboxylic acids is 1. The van der Waals surface area contributed by atoms with E-state index in [1.165, 1.54) is 0 Å². The number of para-hydroxylation sites is 1. The van der Waals surface area contributed by atoms with Crippen LogP contribution in [0.15, 0.2) is 30.3 Å². The molecule has 1 aromatic carbocycles. The number of aldehydes is 1. The van der Waals surface area contributed by atoms with Crippen molar-refractivity contribution in [1.82, 2.24) is 0 Å². The molecule has 1 rings (SSSR count). The van der Waals surface area contributed by atoms with Gasteiger partial charge in [0.05, 0.1) is 4.92 Å². The lowest BCUT2D eigenvalue weighted by Crippen LogP contribution is -2.27. The van der Waals surface area contributed by atoms with E-state index < -0.39 is 11.2 Å². The quantitative estimate of drug-likeness (QED) is 0.299. The lowest BCUT2D eigenvalue weighted by molar-refractivity contribution is -0.543. The fourth-order valence-corrected chi connectivity index (χ4v) is 0.759. The summed E-state index contributed by atoms with van der Waals surface area (Å²) in [6.45, 7) is 0. The molecule has 0 aliphatic rings. The first-order valence-corrected chi connectivity index (χ1v) is 3.54. The number of ether oxygens (including phenoxy) is 1. The summed E-state index contributed by atoms with van der Waals surface area (Å²) in [5, 5.41) is 10.2. The third kappa shape index (κ3) is 2.55. The van der Waals surface area contributed by atoms with Gasteiger partial charge < -0.3 is 4.74 Å². The molecule has 0 aromatic heterocycles. The molecule has 0 N–H and O–H groups in total. The Labute approximate surface area is 74.1 Å². The van der Waals surface area contributed by atoms with E-state index in [2.05, 4.69) is 0 Å². The molecule has 0 heterocycles. The van der Waals surface area contributed by atoms with Crippen molar-refractivity contribution in [2.75, 3.05) is 0 Å². The minimum absolute atomic E-state index is 0.146. The van der Waals surface area contributed by atoms with Crippen LogP contribution in [0.1, 0.15) is 0 Å². The summed E-state index contributed by atoms with van der Waals surface area (Å²) in [6, 6.07) is 8.16. The Balaban J connectivity index is 2.67. The van der Waals surface area contributed by atoms with E-state index >= 15 is 0 Å². The van der Waals surface area contributed by atoms with Crippen molar-refractivity contribution in [3.8, 4) is 5.75 Å². The van der Waals surface area contributed by atoms with Crippen molar-refractivity contribution >= 4 is 6.29 Å². The highest BCUT2D eigenvalue weighted by Gasteiger charge is 2.19. The summed E-state index contributed by atoms with van der Waals surface area (Å²) in [7, 11) is 0. The molecule has 68 valence electrons. The molecule has 0 spiro atoms. The zero-order valence-corrected chi connectivity index (χ0v) is 6.62. The highest BCUT2D eigenvalue weighted by atomic mass is 16.7. The normalized spacial score (nSPS) is 11.7. The van der Waals surface area contributed by atoms with Gasteiger partial charge >= 0.3 is 6.23 Å². The molecule has 0 aliphatic carbocycles. The van der Waals surface area contributed by atoms with E-state index in [9.17, 15) is 14.9 Å². The van der Waals surface area contributed by atoms with E-state index in [0.29, 0.717) is 5.75 Å². The highest BCUT2D eigenvalue weighted by Crippen LogP contribution is 2.09. The summed E-state index contributed by atoms with van der Waals surface area (Å²) in [4.78, 5) is 19.6. The Morgan fingerprint density at radius 3 is 2.46 bits per heavy atom. The average molecular weight is 181 g/mol. The van der Waals surface area contributed by atoms with Crippen LogP contribution in [0.2, 0.25) is 0 Å². The van der Waals surface area contributed by atoms with Crippen LogP contribution in [-0.4, -0.2) is 17.4 Å². The van der Waals surface area contributed by atoms with Crippen LogP contribution >= 0.6 is 0 Å². The zero-order valence-electron chi connectivity index (χ0n) is 6.62. The second-order valence-corrected chi connectivity index (χ2v) is 2.24. The highest BCUT2D eigenvalue weighted by molar-refractivity contribution is 5.54. The Kier molecular flexibility index (Phi) is 2.97. The summed E-state index contributed by atoms with van der Waals surface area (Å²) in [5.41, 5.74) is 0. The standard InChI is InChI=1S/C8H7NO4/c10-6-8(9(11)12)13-7-4-2-1-3-5-7/h1-6,8H. The summed E-state index contributed by atoms with van der Waals surface area (Å²) in [5.74, 6) is 0.302. The number of carbonyl (C=O) groups is 1. The molecule has 0 fully saturated rings. The predicted molar refractivity (Wildman–Crippen MR) is 43.9 cm³/mol. The van der Waals surface area contributed by atoms with Crippen molar-refractivity contribution in [2.45, 2.75) is 6.23 Å². The maximum absolute atomic E-state index is 10.2. The van der Waals surface area contributed by atoms with Crippen molar-refractivity contribution in [1.29, 1.82) is 0 Å². The molecular formula is C8H7NO4. The predicted octanol–water partition coefficient (Wildman–Crippen LogP) is 0.867. The van der Waals surface area contributed by atoms with E-state index in [1.54, 1.807) is 30.3 Å². The van der Waals surface area contributed by atoms with Crippen LogP contribution in [0, 0.1) is 10.1 Å². The van der Waals surface area contributed by atoms with Gasteiger partial charge in [-0.15, -0.1) is 0 Å². The lowest BCUT2D eigenvalue weighted by atomic mass is 10.3. The van der Waals surface area contributed by atoms with E-state index in [1.807, 2.05) is 0 Å². The summed E-state index contributed by atoms with van der Waals surface area (Å²) < 4.78 is 4.76. The molecule has 1 aromatic rings. The molecule has 0 bridgehead atoms. The number of benzene rings is 1. The van der Waals surface area contributed by atoms with Crippen molar-refractivity contribution in [3.63, 3.8) is 0 Å². The van der Waals surface area contributed by atoms with Crippen molar-refractivity contribution in [2.24, 2.45) is 0 Å². The average Bonchev–Trinajstić information content (AvgIpc) is 2.15. The fourth-order valence-electron chi connectivity index (χ4n) is 0.759.